The summed E-state index contributed by atoms with van der Waals surface area (Å²) in [7, 11) is 0. The molecule has 0 amide bonds. The highest BCUT2D eigenvalue weighted by molar-refractivity contribution is 5.66. The Balaban J connectivity index is 1.57. The third-order valence-electron chi connectivity index (χ3n) is 11.5. The molecule has 4 nitrogen and oxygen atoms in total. The fourth-order valence-corrected chi connectivity index (χ4v) is 8.92. The van der Waals surface area contributed by atoms with Crippen LogP contribution in [0.25, 0.3) is 0 Å². The number of hydrogen-bond donors (Lipinski definition) is 2. The third-order valence-corrected chi connectivity index (χ3v) is 11.5. The summed E-state index contributed by atoms with van der Waals surface area (Å²) in [5.74, 6) is 2.80. The number of aliphatic hydroxyl groups is 2. The normalized spacial score (nSPS) is 45.6. The topological polar surface area (TPSA) is 66.8 Å². The molecule has 0 spiro atoms. The molecule has 9 unspecified atom stereocenters. The van der Waals surface area contributed by atoms with Crippen molar-refractivity contribution in [2.24, 2.45) is 40.4 Å². The van der Waals surface area contributed by atoms with E-state index in [2.05, 4.69) is 47.6 Å². The van der Waals surface area contributed by atoms with E-state index in [-0.39, 0.29) is 23.4 Å². The first-order valence-corrected chi connectivity index (χ1v) is 14.1. The lowest BCUT2D eigenvalue weighted by Crippen LogP contribution is -2.65. The molecule has 0 aromatic carbocycles. The Morgan fingerprint density at radius 3 is 2.41 bits per heavy atom. The summed E-state index contributed by atoms with van der Waals surface area (Å²) in [6, 6.07) is 0. The maximum Gasteiger partial charge on any atom is 0.302 e. The number of allylic oxidation sites excluding steroid dienone is 1. The lowest BCUT2D eigenvalue weighted by Gasteiger charge is -2.63. The van der Waals surface area contributed by atoms with E-state index in [4.69, 9.17) is 4.74 Å². The molecule has 4 rings (SSSR count). The fraction of sp³-hybridized carbons (Fsp3) is 0.900. The zero-order chi connectivity index (χ0) is 25.1. The van der Waals surface area contributed by atoms with Crippen LogP contribution in [0.5, 0.6) is 0 Å². The first-order chi connectivity index (χ1) is 15.8. The van der Waals surface area contributed by atoms with Crippen LogP contribution in [0, 0.1) is 40.4 Å². The predicted octanol–water partition coefficient (Wildman–Crippen LogP) is 6.44. The Bertz CT molecular complexity index is 819. The van der Waals surface area contributed by atoms with Gasteiger partial charge in [-0.2, -0.15) is 0 Å². The molecule has 0 saturated heterocycles. The number of fused-ring (bicyclic) bond motifs is 5. The second kappa shape index (κ2) is 8.91. The first kappa shape index (κ1) is 26.2. The SMILES string of the molecule is CC(=O)OC1CCC2(C)C3=CCC4(C)C(C(C)CCC(C)C(C)C)CCC4C3(O)CCC2(O)C1. The van der Waals surface area contributed by atoms with Crippen LogP contribution in [-0.2, 0) is 9.53 Å². The van der Waals surface area contributed by atoms with Gasteiger partial charge in [0, 0.05) is 18.8 Å². The average Bonchev–Trinajstić information content (AvgIpc) is 3.11. The van der Waals surface area contributed by atoms with Gasteiger partial charge in [0.25, 0.3) is 0 Å². The van der Waals surface area contributed by atoms with Gasteiger partial charge in [-0.3, -0.25) is 4.79 Å². The summed E-state index contributed by atoms with van der Waals surface area (Å²) < 4.78 is 5.51. The molecule has 9 atom stereocenters. The molecule has 0 heterocycles. The van der Waals surface area contributed by atoms with Crippen molar-refractivity contribution in [2.75, 3.05) is 0 Å². The van der Waals surface area contributed by atoms with Crippen molar-refractivity contribution in [3.05, 3.63) is 11.6 Å². The van der Waals surface area contributed by atoms with E-state index >= 15 is 0 Å². The third kappa shape index (κ3) is 3.99. The fourth-order valence-electron chi connectivity index (χ4n) is 8.92. The van der Waals surface area contributed by atoms with E-state index < -0.39 is 16.6 Å². The molecule has 0 aromatic rings. The van der Waals surface area contributed by atoms with E-state index in [1.165, 1.54) is 26.2 Å². The van der Waals surface area contributed by atoms with Crippen LogP contribution in [0.2, 0.25) is 0 Å². The van der Waals surface area contributed by atoms with Crippen molar-refractivity contribution in [1.29, 1.82) is 0 Å². The Labute approximate surface area is 207 Å². The van der Waals surface area contributed by atoms with Crippen LogP contribution in [0.15, 0.2) is 11.6 Å². The van der Waals surface area contributed by atoms with Crippen molar-refractivity contribution < 1.29 is 19.7 Å². The van der Waals surface area contributed by atoms with Crippen molar-refractivity contribution >= 4 is 5.97 Å². The smallest absolute Gasteiger partial charge is 0.302 e. The summed E-state index contributed by atoms with van der Waals surface area (Å²) >= 11 is 0. The van der Waals surface area contributed by atoms with E-state index in [1.54, 1.807) is 0 Å². The molecule has 4 aliphatic carbocycles. The Kier molecular flexibility index (Phi) is 6.86. The van der Waals surface area contributed by atoms with Crippen LogP contribution in [0.4, 0.5) is 0 Å². The molecule has 194 valence electrons. The van der Waals surface area contributed by atoms with Gasteiger partial charge < -0.3 is 14.9 Å². The van der Waals surface area contributed by atoms with Gasteiger partial charge in [0.2, 0.25) is 0 Å². The molecular weight excluding hydrogens is 424 g/mol. The number of ether oxygens (including phenoxy) is 1. The maximum atomic E-state index is 12.4. The van der Waals surface area contributed by atoms with Crippen LogP contribution < -0.4 is 0 Å². The van der Waals surface area contributed by atoms with Gasteiger partial charge in [-0.25, -0.2) is 0 Å². The van der Waals surface area contributed by atoms with Crippen LogP contribution in [0.1, 0.15) is 113 Å². The minimum atomic E-state index is -0.921. The molecule has 3 fully saturated rings. The molecule has 0 aliphatic heterocycles. The van der Waals surface area contributed by atoms with Gasteiger partial charge in [-0.1, -0.05) is 60.5 Å². The summed E-state index contributed by atoms with van der Waals surface area (Å²) in [5, 5.41) is 24.2. The largest absolute Gasteiger partial charge is 0.462 e. The molecule has 0 radical (unpaired) electrons. The summed E-state index contributed by atoms with van der Waals surface area (Å²) in [5.41, 5.74) is -0.968. The van der Waals surface area contributed by atoms with Crippen LogP contribution >= 0.6 is 0 Å². The maximum absolute atomic E-state index is 12.4. The van der Waals surface area contributed by atoms with Crippen LogP contribution in [0.3, 0.4) is 0 Å². The van der Waals surface area contributed by atoms with Gasteiger partial charge >= 0.3 is 5.97 Å². The highest BCUT2D eigenvalue weighted by atomic mass is 16.5. The number of esters is 1. The Hall–Kier alpha value is -0.870. The molecule has 0 aromatic heterocycles. The molecule has 4 heteroatoms. The molecule has 3 saturated carbocycles. The summed E-state index contributed by atoms with van der Waals surface area (Å²) in [6.45, 7) is 15.6. The minimum Gasteiger partial charge on any atom is -0.462 e. The molecule has 0 bridgehead atoms. The van der Waals surface area contributed by atoms with E-state index in [1.807, 2.05) is 0 Å². The predicted molar refractivity (Wildman–Crippen MR) is 136 cm³/mol. The van der Waals surface area contributed by atoms with Gasteiger partial charge in [0.1, 0.15) is 6.10 Å². The number of carbonyl (C=O) groups is 1. The van der Waals surface area contributed by atoms with Gasteiger partial charge in [-0.15, -0.1) is 0 Å². The lowest BCUT2D eigenvalue weighted by atomic mass is 9.45. The average molecular weight is 475 g/mol. The Morgan fingerprint density at radius 1 is 1.06 bits per heavy atom. The molecule has 2 N–H and O–H groups in total. The minimum absolute atomic E-state index is 0.124. The highest BCUT2D eigenvalue weighted by Gasteiger charge is 2.67. The van der Waals surface area contributed by atoms with E-state index in [0.717, 1.165) is 43.1 Å². The first-order valence-electron chi connectivity index (χ1n) is 14.1. The number of rotatable bonds is 6. The zero-order valence-electron chi connectivity index (χ0n) is 22.8. The highest BCUT2D eigenvalue weighted by Crippen LogP contribution is 2.68. The second-order valence-corrected chi connectivity index (χ2v) is 13.6. The van der Waals surface area contributed by atoms with E-state index in [0.29, 0.717) is 31.1 Å². The number of carbonyl (C=O) groups excluding carboxylic acids is 1. The Morgan fingerprint density at radius 2 is 1.76 bits per heavy atom. The van der Waals surface area contributed by atoms with Gasteiger partial charge in [-0.05, 0) is 85.5 Å². The molecular formula is C30H50O4. The number of hydrogen-bond acceptors (Lipinski definition) is 4. The molecule has 34 heavy (non-hydrogen) atoms. The van der Waals surface area contributed by atoms with Gasteiger partial charge in [0.15, 0.2) is 0 Å². The van der Waals surface area contributed by atoms with Crippen molar-refractivity contribution in [3.63, 3.8) is 0 Å². The zero-order valence-corrected chi connectivity index (χ0v) is 22.8. The lowest BCUT2D eigenvalue weighted by molar-refractivity contribution is -0.195. The second-order valence-electron chi connectivity index (χ2n) is 13.6. The van der Waals surface area contributed by atoms with Crippen molar-refractivity contribution in [3.8, 4) is 0 Å². The standard InChI is InChI=1S/C30H50O4/c1-19(2)20(3)8-9-21(4)24-10-11-25-27(24,6)14-13-26-28(7)15-12-23(34-22(5)31)18-29(28,32)16-17-30(25,26)33/h13,19-21,23-25,32-33H,8-12,14-18H2,1-7H3. The summed E-state index contributed by atoms with van der Waals surface area (Å²) in [6.07, 6.45) is 11.2. The van der Waals surface area contributed by atoms with Crippen molar-refractivity contribution in [2.45, 2.75) is 130 Å². The quantitative estimate of drug-likeness (QED) is 0.344. The summed E-state index contributed by atoms with van der Waals surface area (Å²) in [4.78, 5) is 11.5. The van der Waals surface area contributed by atoms with Crippen molar-refractivity contribution in [1.82, 2.24) is 0 Å². The molecule has 4 aliphatic rings. The van der Waals surface area contributed by atoms with E-state index in [9.17, 15) is 15.0 Å². The van der Waals surface area contributed by atoms with Gasteiger partial charge in [0.05, 0.1) is 11.2 Å². The monoisotopic (exact) mass is 474 g/mol. The van der Waals surface area contributed by atoms with Crippen LogP contribution in [-0.4, -0.2) is 33.5 Å².